The van der Waals surface area contributed by atoms with E-state index in [0.29, 0.717) is 0 Å². The topological polar surface area (TPSA) is 25.2 Å². The van der Waals surface area contributed by atoms with Crippen molar-refractivity contribution in [2.45, 2.75) is 13.5 Å². The zero-order chi connectivity index (χ0) is 6.69. The van der Waals surface area contributed by atoms with Crippen LogP contribution in [0.1, 0.15) is 11.5 Å². The van der Waals surface area contributed by atoms with Gasteiger partial charge in [0.15, 0.2) is 0 Å². The third kappa shape index (κ3) is 2.42. The molecule has 0 aliphatic heterocycles. The number of rotatable bonds is 2. The van der Waals surface area contributed by atoms with E-state index in [0.717, 1.165) is 18.1 Å². The minimum Gasteiger partial charge on any atom is -0.465 e. The molecule has 1 N–H and O–H groups in total. The molecule has 0 aromatic carbocycles. The van der Waals surface area contributed by atoms with Crippen LogP contribution in [0.4, 0.5) is 0 Å². The van der Waals surface area contributed by atoms with E-state index in [1.165, 1.54) is 0 Å². The van der Waals surface area contributed by atoms with E-state index in [-0.39, 0.29) is 12.4 Å². The zero-order valence-corrected chi connectivity index (χ0v) is 6.99. The maximum atomic E-state index is 5.26. The Balaban J connectivity index is 0.000000810. The molecule has 0 aliphatic rings. The summed E-state index contributed by atoms with van der Waals surface area (Å²) in [4.78, 5) is 0. The highest BCUT2D eigenvalue weighted by Crippen LogP contribution is 2.04. The normalized spacial score (nSPS) is 9.00. The third-order valence-electron chi connectivity index (χ3n) is 1.15. The Kier molecular flexibility index (Phi) is 4.16. The fourth-order valence-electron chi connectivity index (χ4n) is 0.754. The van der Waals surface area contributed by atoms with Crippen molar-refractivity contribution in [3.05, 3.63) is 23.7 Å². The Bertz CT molecular complexity index is 185. The highest BCUT2D eigenvalue weighted by atomic mass is 35.5. The first-order chi connectivity index (χ1) is 4.33. The molecule has 58 valence electrons. The summed E-state index contributed by atoms with van der Waals surface area (Å²) in [6.07, 6.45) is 0. The van der Waals surface area contributed by atoms with E-state index in [2.05, 4.69) is 5.32 Å². The predicted molar refractivity (Wildman–Crippen MR) is 43.5 cm³/mol. The summed E-state index contributed by atoms with van der Waals surface area (Å²) in [5, 5.41) is 3.00. The van der Waals surface area contributed by atoms with Gasteiger partial charge in [-0.2, -0.15) is 0 Å². The van der Waals surface area contributed by atoms with Crippen molar-refractivity contribution < 1.29 is 4.42 Å². The standard InChI is InChI=1S/C7H11NO.ClH/c1-6-3-4-7(9-6)5-8-2;/h3-4,8H,5H2,1-2H3;1H. The molecule has 0 aliphatic carbocycles. The van der Waals surface area contributed by atoms with Gasteiger partial charge < -0.3 is 9.73 Å². The fourth-order valence-corrected chi connectivity index (χ4v) is 0.754. The Morgan fingerprint density at radius 2 is 2.20 bits per heavy atom. The van der Waals surface area contributed by atoms with Crippen LogP contribution in [0.25, 0.3) is 0 Å². The van der Waals surface area contributed by atoms with Crippen molar-refractivity contribution in [2.75, 3.05) is 7.05 Å². The van der Waals surface area contributed by atoms with E-state index in [9.17, 15) is 0 Å². The molecule has 0 fully saturated rings. The van der Waals surface area contributed by atoms with Gasteiger partial charge in [-0.15, -0.1) is 12.4 Å². The van der Waals surface area contributed by atoms with Crippen molar-refractivity contribution in [3.8, 4) is 0 Å². The smallest absolute Gasteiger partial charge is 0.117 e. The van der Waals surface area contributed by atoms with Gasteiger partial charge >= 0.3 is 0 Å². The summed E-state index contributed by atoms with van der Waals surface area (Å²) < 4.78 is 5.26. The average molecular weight is 162 g/mol. The average Bonchev–Trinajstić information content (AvgIpc) is 2.17. The van der Waals surface area contributed by atoms with Crippen LogP contribution in [0, 0.1) is 6.92 Å². The van der Waals surface area contributed by atoms with E-state index < -0.39 is 0 Å². The quantitative estimate of drug-likeness (QED) is 0.715. The number of halogens is 1. The molecule has 0 radical (unpaired) electrons. The number of nitrogens with one attached hydrogen (secondary N) is 1. The molecular weight excluding hydrogens is 150 g/mol. The Morgan fingerprint density at radius 3 is 2.60 bits per heavy atom. The lowest BCUT2D eigenvalue weighted by molar-refractivity contribution is 0.471. The van der Waals surface area contributed by atoms with Gasteiger partial charge in [0.2, 0.25) is 0 Å². The van der Waals surface area contributed by atoms with E-state index >= 15 is 0 Å². The van der Waals surface area contributed by atoms with Crippen LogP contribution >= 0.6 is 12.4 Å². The number of hydrogen-bond donors (Lipinski definition) is 1. The molecular formula is C7H12ClNO. The van der Waals surface area contributed by atoms with Crippen LogP contribution in [-0.2, 0) is 6.54 Å². The Morgan fingerprint density at radius 1 is 1.50 bits per heavy atom. The zero-order valence-electron chi connectivity index (χ0n) is 6.18. The summed E-state index contributed by atoms with van der Waals surface area (Å²) in [5.74, 6) is 1.97. The van der Waals surface area contributed by atoms with Crippen LogP contribution in [0.5, 0.6) is 0 Å². The molecule has 0 saturated heterocycles. The van der Waals surface area contributed by atoms with E-state index in [1.54, 1.807) is 0 Å². The van der Waals surface area contributed by atoms with Crippen molar-refractivity contribution in [2.24, 2.45) is 0 Å². The maximum absolute atomic E-state index is 5.26. The predicted octanol–water partition coefficient (Wildman–Crippen LogP) is 1.73. The monoisotopic (exact) mass is 161 g/mol. The molecule has 0 amide bonds. The summed E-state index contributed by atoms with van der Waals surface area (Å²) >= 11 is 0. The van der Waals surface area contributed by atoms with Gasteiger partial charge in [0.25, 0.3) is 0 Å². The van der Waals surface area contributed by atoms with Crippen molar-refractivity contribution in [1.82, 2.24) is 5.32 Å². The lowest BCUT2D eigenvalue weighted by Gasteiger charge is -1.90. The SMILES string of the molecule is CNCc1ccc(C)o1.Cl. The summed E-state index contributed by atoms with van der Waals surface area (Å²) in [6.45, 7) is 2.76. The van der Waals surface area contributed by atoms with Crippen molar-refractivity contribution in [1.29, 1.82) is 0 Å². The first-order valence-corrected chi connectivity index (χ1v) is 3.03. The largest absolute Gasteiger partial charge is 0.465 e. The molecule has 0 atom stereocenters. The first-order valence-electron chi connectivity index (χ1n) is 3.03. The van der Waals surface area contributed by atoms with E-state index in [1.807, 2.05) is 26.1 Å². The number of aryl methyl sites for hydroxylation is 1. The summed E-state index contributed by atoms with van der Waals surface area (Å²) in [5.41, 5.74) is 0. The first kappa shape index (κ1) is 9.53. The molecule has 0 unspecified atom stereocenters. The molecule has 1 aromatic heterocycles. The van der Waals surface area contributed by atoms with Crippen molar-refractivity contribution in [3.63, 3.8) is 0 Å². The molecule has 1 heterocycles. The fraction of sp³-hybridized carbons (Fsp3) is 0.429. The molecule has 0 bridgehead atoms. The molecule has 2 nitrogen and oxygen atoms in total. The minimum atomic E-state index is 0. The lowest BCUT2D eigenvalue weighted by atomic mass is 10.4. The van der Waals surface area contributed by atoms with Crippen LogP contribution in [0.2, 0.25) is 0 Å². The number of furan rings is 1. The minimum absolute atomic E-state index is 0. The molecule has 0 spiro atoms. The molecule has 3 heteroatoms. The van der Waals surface area contributed by atoms with Gasteiger partial charge in [0, 0.05) is 0 Å². The van der Waals surface area contributed by atoms with Gasteiger partial charge in [-0.25, -0.2) is 0 Å². The third-order valence-corrected chi connectivity index (χ3v) is 1.15. The second-order valence-electron chi connectivity index (χ2n) is 2.04. The van der Waals surface area contributed by atoms with E-state index in [4.69, 9.17) is 4.42 Å². The van der Waals surface area contributed by atoms with Crippen LogP contribution in [0.3, 0.4) is 0 Å². The van der Waals surface area contributed by atoms with Gasteiger partial charge in [-0.3, -0.25) is 0 Å². The second-order valence-corrected chi connectivity index (χ2v) is 2.04. The molecule has 1 aromatic rings. The van der Waals surface area contributed by atoms with Gasteiger partial charge in [-0.05, 0) is 26.1 Å². The summed E-state index contributed by atoms with van der Waals surface area (Å²) in [6, 6.07) is 3.94. The van der Waals surface area contributed by atoms with Crippen molar-refractivity contribution >= 4 is 12.4 Å². The molecule has 10 heavy (non-hydrogen) atoms. The Hall–Kier alpha value is -0.470. The highest BCUT2D eigenvalue weighted by Gasteiger charge is 1.93. The lowest BCUT2D eigenvalue weighted by Crippen LogP contribution is -2.03. The van der Waals surface area contributed by atoms with Crippen LogP contribution in [-0.4, -0.2) is 7.05 Å². The molecule has 1 rings (SSSR count). The van der Waals surface area contributed by atoms with Gasteiger partial charge in [0.1, 0.15) is 11.5 Å². The van der Waals surface area contributed by atoms with Crippen LogP contribution < -0.4 is 5.32 Å². The summed E-state index contributed by atoms with van der Waals surface area (Å²) in [7, 11) is 1.90. The number of hydrogen-bond acceptors (Lipinski definition) is 2. The van der Waals surface area contributed by atoms with Crippen LogP contribution in [0.15, 0.2) is 16.5 Å². The maximum Gasteiger partial charge on any atom is 0.117 e. The second kappa shape index (κ2) is 4.36. The van der Waals surface area contributed by atoms with Gasteiger partial charge in [-0.1, -0.05) is 0 Å². The van der Waals surface area contributed by atoms with Gasteiger partial charge in [0.05, 0.1) is 6.54 Å². The highest BCUT2D eigenvalue weighted by molar-refractivity contribution is 5.85. The molecule has 0 saturated carbocycles. The Labute approximate surface area is 67.0 Å².